The quantitative estimate of drug-likeness (QED) is 0.915. The first kappa shape index (κ1) is 13.9. The van der Waals surface area contributed by atoms with E-state index in [9.17, 15) is 10.5 Å². The number of nitrogens with one attached hydrogen (secondary N) is 1. The zero-order valence-electron chi connectivity index (χ0n) is 12.3. The highest BCUT2D eigenvalue weighted by Gasteiger charge is 2.32. The molecule has 108 valence electrons. The van der Waals surface area contributed by atoms with Crippen molar-refractivity contribution in [2.24, 2.45) is 0 Å². The summed E-state index contributed by atoms with van der Waals surface area (Å²) in [7, 11) is 1.97. The van der Waals surface area contributed by atoms with Crippen LogP contribution in [-0.2, 0) is 0 Å². The second-order valence-corrected chi connectivity index (χ2v) is 5.86. The molecule has 0 aromatic carbocycles. The number of pyridine rings is 1. The lowest BCUT2D eigenvalue weighted by Gasteiger charge is -2.34. The fourth-order valence-electron chi connectivity index (χ4n) is 3.16. The Kier molecular flexibility index (Phi) is 3.77. The van der Waals surface area contributed by atoms with Crippen LogP contribution in [0.5, 0.6) is 0 Å². The highest BCUT2D eigenvalue weighted by Crippen LogP contribution is 2.44. The minimum Gasteiger partial charge on any atom is -0.354 e. The molecule has 0 spiro atoms. The third kappa shape index (κ3) is 2.57. The highest BCUT2D eigenvalue weighted by molar-refractivity contribution is 5.63. The Hall–Kier alpha value is -2.11. The van der Waals surface area contributed by atoms with E-state index < -0.39 is 0 Å². The van der Waals surface area contributed by atoms with Crippen LogP contribution in [0.3, 0.4) is 0 Å². The molecule has 1 atom stereocenters. The second-order valence-electron chi connectivity index (χ2n) is 5.86. The number of nitriles is 2. The van der Waals surface area contributed by atoms with Gasteiger partial charge < -0.3 is 10.2 Å². The Balaban J connectivity index is 2.01. The molecule has 5 heteroatoms. The van der Waals surface area contributed by atoms with Gasteiger partial charge in [0.05, 0.1) is 11.1 Å². The van der Waals surface area contributed by atoms with E-state index in [1.54, 1.807) is 6.20 Å². The Morgan fingerprint density at radius 1 is 1.29 bits per heavy atom. The maximum atomic E-state index is 9.61. The van der Waals surface area contributed by atoms with Crippen LogP contribution in [0.4, 0.5) is 5.82 Å². The van der Waals surface area contributed by atoms with Gasteiger partial charge in [-0.05, 0) is 44.2 Å². The topological polar surface area (TPSA) is 75.7 Å². The molecule has 1 saturated carbocycles. The number of nitrogens with zero attached hydrogens (tertiary/aromatic N) is 4. The Labute approximate surface area is 125 Å². The van der Waals surface area contributed by atoms with Crippen LogP contribution in [-0.4, -0.2) is 31.2 Å². The van der Waals surface area contributed by atoms with Crippen LogP contribution in [0.2, 0.25) is 0 Å². The van der Waals surface area contributed by atoms with Crippen molar-refractivity contribution in [2.45, 2.75) is 37.6 Å². The third-order valence-electron chi connectivity index (χ3n) is 4.45. The normalized spacial score (nSPS) is 21.7. The largest absolute Gasteiger partial charge is 0.354 e. The Morgan fingerprint density at radius 3 is 2.71 bits per heavy atom. The van der Waals surface area contributed by atoms with Crippen molar-refractivity contribution in [3.05, 3.63) is 22.9 Å². The van der Waals surface area contributed by atoms with E-state index >= 15 is 0 Å². The maximum Gasteiger partial charge on any atom is 0.146 e. The maximum absolute atomic E-state index is 9.61. The van der Waals surface area contributed by atoms with Gasteiger partial charge in [0.1, 0.15) is 18.0 Å². The van der Waals surface area contributed by atoms with Gasteiger partial charge in [-0.25, -0.2) is 4.98 Å². The lowest BCUT2D eigenvalue weighted by atomic mass is 9.98. The van der Waals surface area contributed by atoms with Gasteiger partial charge in [0.2, 0.25) is 0 Å². The van der Waals surface area contributed by atoms with E-state index in [1.165, 1.54) is 0 Å². The molecule has 1 unspecified atom stereocenters. The fraction of sp³-hybridized carbons (Fsp3) is 0.562. The number of piperidine rings is 1. The smallest absolute Gasteiger partial charge is 0.146 e. The van der Waals surface area contributed by atoms with Gasteiger partial charge in [-0.1, -0.05) is 0 Å². The number of rotatable bonds is 3. The summed E-state index contributed by atoms with van der Waals surface area (Å²) in [4.78, 5) is 6.63. The average Bonchev–Trinajstić information content (AvgIpc) is 3.38. The summed E-state index contributed by atoms with van der Waals surface area (Å²) in [5.41, 5.74) is 2.12. The van der Waals surface area contributed by atoms with Crippen LogP contribution in [0, 0.1) is 22.7 Å². The molecule has 21 heavy (non-hydrogen) atoms. The fourth-order valence-corrected chi connectivity index (χ4v) is 3.16. The van der Waals surface area contributed by atoms with Gasteiger partial charge in [0, 0.05) is 25.3 Å². The van der Waals surface area contributed by atoms with Crippen molar-refractivity contribution in [3.63, 3.8) is 0 Å². The standard InChI is InChI=1S/C16H19N5/c1-19-13-3-2-6-21(10-13)16-14(8-18)15(11-4-5-11)12(7-17)9-20-16/h9,11,13,19H,2-6,10H2,1H3. The second kappa shape index (κ2) is 5.71. The number of hydrogen-bond donors (Lipinski definition) is 1. The van der Waals surface area contributed by atoms with Crippen molar-refractivity contribution in [3.8, 4) is 12.1 Å². The molecule has 1 aromatic rings. The lowest BCUT2D eigenvalue weighted by Crippen LogP contribution is -2.45. The molecule has 0 bridgehead atoms. The minimum absolute atomic E-state index is 0.376. The molecule has 1 saturated heterocycles. The van der Waals surface area contributed by atoms with Crippen molar-refractivity contribution >= 4 is 5.82 Å². The van der Waals surface area contributed by atoms with Crippen LogP contribution in [0.25, 0.3) is 0 Å². The molecule has 1 aromatic heterocycles. The molecule has 3 rings (SSSR count). The van der Waals surface area contributed by atoms with E-state index in [0.29, 0.717) is 23.1 Å². The van der Waals surface area contributed by atoms with E-state index in [2.05, 4.69) is 27.3 Å². The van der Waals surface area contributed by atoms with E-state index in [1.807, 2.05) is 7.05 Å². The van der Waals surface area contributed by atoms with E-state index in [0.717, 1.165) is 50.2 Å². The first-order chi connectivity index (χ1) is 10.3. The highest BCUT2D eigenvalue weighted by atomic mass is 15.2. The molecule has 0 radical (unpaired) electrons. The molecule has 1 aliphatic carbocycles. The zero-order chi connectivity index (χ0) is 14.8. The average molecular weight is 281 g/mol. The molecule has 2 aliphatic rings. The number of aromatic nitrogens is 1. The molecular weight excluding hydrogens is 262 g/mol. The summed E-state index contributed by atoms with van der Waals surface area (Å²) in [5, 5.41) is 22.2. The lowest BCUT2D eigenvalue weighted by molar-refractivity contribution is 0.447. The number of anilines is 1. The predicted octanol–water partition coefficient (Wildman–Crippen LogP) is 1.89. The van der Waals surface area contributed by atoms with Crippen molar-refractivity contribution < 1.29 is 0 Å². The summed E-state index contributed by atoms with van der Waals surface area (Å²) < 4.78 is 0. The minimum atomic E-state index is 0.376. The van der Waals surface area contributed by atoms with Gasteiger partial charge in [0.15, 0.2) is 0 Å². The van der Waals surface area contributed by atoms with Crippen LogP contribution in [0.15, 0.2) is 6.20 Å². The summed E-state index contributed by atoms with van der Waals surface area (Å²) in [6.45, 7) is 1.80. The Bertz CT molecular complexity index is 621. The monoisotopic (exact) mass is 281 g/mol. The van der Waals surface area contributed by atoms with E-state index in [-0.39, 0.29) is 0 Å². The molecule has 5 nitrogen and oxygen atoms in total. The first-order valence-electron chi connectivity index (χ1n) is 7.53. The van der Waals surface area contributed by atoms with Gasteiger partial charge in [-0.3, -0.25) is 0 Å². The molecule has 0 amide bonds. The predicted molar refractivity (Wildman–Crippen MR) is 79.9 cm³/mol. The van der Waals surface area contributed by atoms with Gasteiger partial charge in [0.25, 0.3) is 0 Å². The van der Waals surface area contributed by atoms with Crippen molar-refractivity contribution in [2.75, 3.05) is 25.0 Å². The summed E-state index contributed by atoms with van der Waals surface area (Å²) in [6.07, 6.45) is 6.04. The summed E-state index contributed by atoms with van der Waals surface area (Å²) in [6, 6.07) is 4.95. The summed E-state index contributed by atoms with van der Waals surface area (Å²) in [5.74, 6) is 1.14. The van der Waals surface area contributed by atoms with Crippen LogP contribution < -0.4 is 10.2 Å². The third-order valence-corrected chi connectivity index (χ3v) is 4.45. The van der Waals surface area contributed by atoms with Gasteiger partial charge in [-0.15, -0.1) is 0 Å². The Morgan fingerprint density at radius 2 is 2.10 bits per heavy atom. The molecule has 2 fully saturated rings. The molecule has 1 aliphatic heterocycles. The van der Waals surface area contributed by atoms with Crippen LogP contribution >= 0.6 is 0 Å². The summed E-state index contributed by atoms with van der Waals surface area (Å²) >= 11 is 0. The molecular formula is C16H19N5. The van der Waals surface area contributed by atoms with E-state index in [4.69, 9.17) is 0 Å². The van der Waals surface area contributed by atoms with Crippen molar-refractivity contribution in [1.29, 1.82) is 10.5 Å². The molecule has 2 heterocycles. The van der Waals surface area contributed by atoms with Crippen molar-refractivity contribution in [1.82, 2.24) is 10.3 Å². The number of likely N-dealkylation sites (N-methyl/N-ethyl adjacent to an activating group) is 1. The van der Waals surface area contributed by atoms with Gasteiger partial charge >= 0.3 is 0 Å². The number of hydrogen-bond acceptors (Lipinski definition) is 5. The zero-order valence-corrected chi connectivity index (χ0v) is 12.3. The first-order valence-corrected chi connectivity index (χ1v) is 7.53. The SMILES string of the molecule is CNC1CCCN(c2ncc(C#N)c(C3CC3)c2C#N)C1. The molecule has 1 N–H and O–H groups in total. The van der Waals surface area contributed by atoms with Crippen LogP contribution in [0.1, 0.15) is 48.3 Å². The van der Waals surface area contributed by atoms with Gasteiger partial charge in [-0.2, -0.15) is 10.5 Å².